The lowest BCUT2D eigenvalue weighted by Crippen LogP contribution is -2.22. The zero-order chi connectivity index (χ0) is 22.5. The molecule has 0 spiro atoms. The lowest BCUT2D eigenvalue weighted by atomic mass is 10.1. The van der Waals surface area contributed by atoms with Crippen molar-refractivity contribution in [3.05, 3.63) is 82.6 Å². The van der Waals surface area contributed by atoms with Gasteiger partial charge < -0.3 is 10.6 Å². The number of nitrogens with zero attached hydrogens (tertiary/aromatic N) is 1. The second-order valence-corrected chi connectivity index (χ2v) is 10.3. The predicted octanol–water partition coefficient (Wildman–Crippen LogP) is 6.55. The average Bonchev–Trinajstić information content (AvgIpc) is 3.47. The van der Waals surface area contributed by atoms with E-state index in [1.807, 2.05) is 79.2 Å². The van der Waals surface area contributed by atoms with Crippen LogP contribution in [0, 0.1) is 6.92 Å². The third-order valence-electron chi connectivity index (χ3n) is 4.58. The van der Waals surface area contributed by atoms with Crippen molar-refractivity contribution in [3.63, 3.8) is 0 Å². The molecule has 0 bridgehead atoms. The fraction of sp³-hybridized carbons (Fsp3) is 0.125. The molecule has 0 saturated carbocycles. The third kappa shape index (κ3) is 5.64. The van der Waals surface area contributed by atoms with Crippen LogP contribution < -0.4 is 10.6 Å². The molecule has 0 aliphatic carbocycles. The van der Waals surface area contributed by atoms with Gasteiger partial charge in [-0.25, -0.2) is 4.98 Å². The van der Waals surface area contributed by atoms with E-state index < -0.39 is 0 Å². The highest BCUT2D eigenvalue weighted by Crippen LogP contribution is 2.30. The molecule has 2 aromatic carbocycles. The number of hydrogen-bond acceptors (Lipinski definition) is 6. The fourth-order valence-electron chi connectivity index (χ4n) is 2.94. The number of carbonyl (C=O) groups is 2. The SMILES string of the molecule is Cc1cccc(C(=O)Nc2ccc(SC(C)C(=O)Nc3nc(-c4cccs4)cs3)cc2)c1. The summed E-state index contributed by atoms with van der Waals surface area (Å²) in [5, 5.41) is 10.1. The Labute approximate surface area is 198 Å². The molecule has 1 unspecified atom stereocenters. The fourth-order valence-corrected chi connectivity index (χ4v) is 5.28. The molecule has 1 atom stereocenters. The van der Waals surface area contributed by atoms with Crippen LogP contribution in [0.25, 0.3) is 10.6 Å². The van der Waals surface area contributed by atoms with E-state index in [0.29, 0.717) is 16.4 Å². The van der Waals surface area contributed by atoms with Gasteiger partial charge in [0.1, 0.15) is 0 Å². The van der Waals surface area contributed by atoms with Gasteiger partial charge in [-0.05, 0) is 61.7 Å². The zero-order valence-corrected chi connectivity index (χ0v) is 19.9. The highest BCUT2D eigenvalue weighted by Gasteiger charge is 2.17. The minimum absolute atomic E-state index is 0.0982. The lowest BCUT2D eigenvalue weighted by molar-refractivity contribution is -0.115. The number of nitrogens with one attached hydrogen (secondary N) is 2. The van der Waals surface area contributed by atoms with Crippen molar-refractivity contribution in [3.8, 4) is 10.6 Å². The number of aromatic nitrogens is 1. The first-order valence-corrected chi connectivity index (χ1v) is 12.6. The number of thiophene rings is 1. The number of thiazole rings is 1. The zero-order valence-electron chi connectivity index (χ0n) is 17.5. The van der Waals surface area contributed by atoms with E-state index in [2.05, 4.69) is 15.6 Å². The van der Waals surface area contributed by atoms with E-state index in [9.17, 15) is 9.59 Å². The Bertz CT molecular complexity index is 1220. The van der Waals surface area contributed by atoms with Crippen LogP contribution >= 0.6 is 34.4 Å². The first-order valence-electron chi connectivity index (χ1n) is 9.93. The summed E-state index contributed by atoms with van der Waals surface area (Å²) in [6.45, 7) is 3.82. The molecule has 0 saturated heterocycles. The van der Waals surface area contributed by atoms with E-state index in [4.69, 9.17) is 0 Å². The number of thioether (sulfide) groups is 1. The number of amides is 2. The topological polar surface area (TPSA) is 71.1 Å². The Hall–Kier alpha value is -2.94. The molecule has 0 fully saturated rings. The van der Waals surface area contributed by atoms with E-state index in [0.717, 1.165) is 21.0 Å². The van der Waals surface area contributed by atoms with Gasteiger partial charge in [-0.3, -0.25) is 9.59 Å². The van der Waals surface area contributed by atoms with Crippen LogP contribution in [0.15, 0.2) is 76.3 Å². The van der Waals surface area contributed by atoms with Crippen molar-refractivity contribution in [2.75, 3.05) is 10.6 Å². The molecule has 2 N–H and O–H groups in total. The molecule has 2 amide bonds. The maximum Gasteiger partial charge on any atom is 0.255 e. The lowest BCUT2D eigenvalue weighted by Gasteiger charge is -2.11. The Morgan fingerprint density at radius 3 is 2.53 bits per heavy atom. The first-order chi connectivity index (χ1) is 15.5. The number of hydrogen-bond donors (Lipinski definition) is 2. The predicted molar refractivity (Wildman–Crippen MR) is 135 cm³/mol. The summed E-state index contributed by atoms with van der Waals surface area (Å²) in [5.41, 5.74) is 3.25. The van der Waals surface area contributed by atoms with Gasteiger partial charge in [0.05, 0.1) is 15.8 Å². The molecule has 2 heterocycles. The Balaban J connectivity index is 1.31. The molecule has 4 rings (SSSR count). The smallest absolute Gasteiger partial charge is 0.255 e. The quantitative estimate of drug-likeness (QED) is 0.295. The molecular weight excluding hydrogens is 458 g/mol. The number of benzene rings is 2. The first kappa shape index (κ1) is 22.3. The van der Waals surface area contributed by atoms with Gasteiger partial charge in [0.25, 0.3) is 5.91 Å². The maximum absolute atomic E-state index is 12.6. The summed E-state index contributed by atoms with van der Waals surface area (Å²) in [7, 11) is 0. The van der Waals surface area contributed by atoms with Crippen molar-refractivity contribution >= 4 is 57.1 Å². The van der Waals surface area contributed by atoms with Crippen molar-refractivity contribution < 1.29 is 9.59 Å². The van der Waals surface area contributed by atoms with Crippen LogP contribution in [-0.4, -0.2) is 22.0 Å². The van der Waals surface area contributed by atoms with Gasteiger partial charge in [-0.2, -0.15) is 0 Å². The molecule has 8 heteroatoms. The molecule has 5 nitrogen and oxygen atoms in total. The highest BCUT2D eigenvalue weighted by molar-refractivity contribution is 8.00. The van der Waals surface area contributed by atoms with Gasteiger partial charge in [0.15, 0.2) is 5.13 Å². The van der Waals surface area contributed by atoms with Crippen molar-refractivity contribution in [1.29, 1.82) is 0 Å². The van der Waals surface area contributed by atoms with Crippen LogP contribution in [0.2, 0.25) is 0 Å². The molecule has 32 heavy (non-hydrogen) atoms. The summed E-state index contributed by atoms with van der Waals surface area (Å²) in [4.78, 5) is 31.5. The third-order valence-corrected chi connectivity index (χ3v) is 7.34. The van der Waals surface area contributed by atoms with Crippen molar-refractivity contribution in [2.24, 2.45) is 0 Å². The molecule has 4 aromatic rings. The van der Waals surface area contributed by atoms with Crippen LogP contribution in [0.1, 0.15) is 22.8 Å². The molecule has 162 valence electrons. The van der Waals surface area contributed by atoms with Gasteiger partial charge in [0, 0.05) is 21.5 Å². The Morgan fingerprint density at radius 1 is 1.00 bits per heavy atom. The average molecular weight is 480 g/mol. The number of carbonyl (C=O) groups excluding carboxylic acids is 2. The monoisotopic (exact) mass is 479 g/mol. The van der Waals surface area contributed by atoms with Gasteiger partial charge in [-0.1, -0.05) is 23.8 Å². The number of anilines is 2. The van der Waals surface area contributed by atoms with E-state index in [-0.39, 0.29) is 17.1 Å². The normalized spacial score (nSPS) is 11.7. The summed E-state index contributed by atoms with van der Waals surface area (Å²) >= 11 is 4.50. The van der Waals surface area contributed by atoms with E-state index in [1.165, 1.54) is 23.1 Å². The molecule has 2 aromatic heterocycles. The van der Waals surface area contributed by atoms with Crippen LogP contribution in [0.4, 0.5) is 10.8 Å². The summed E-state index contributed by atoms with van der Waals surface area (Å²) in [5.74, 6) is -0.244. The molecule has 0 aliphatic heterocycles. The summed E-state index contributed by atoms with van der Waals surface area (Å²) in [6, 6.07) is 18.9. The Morgan fingerprint density at radius 2 is 1.81 bits per heavy atom. The number of rotatable bonds is 7. The van der Waals surface area contributed by atoms with Crippen LogP contribution in [0.3, 0.4) is 0 Å². The summed E-state index contributed by atoms with van der Waals surface area (Å²) < 4.78 is 0. The number of aryl methyl sites for hydroxylation is 1. The Kier molecular flexibility index (Phi) is 7.04. The van der Waals surface area contributed by atoms with E-state index >= 15 is 0 Å². The van der Waals surface area contributed by atoms with Crippen molar-refractivity contribution in [1.82, 2.24) is 4.98 Å². The molecule has 0 aliphatic rings. The molecular formula is C24H21N3O2S3. The minimum Gasteiger partial charge on any atom is -0.322 e. The van der Waals surface area contributed by atoms with Gasteiger partial charge in [0.2, 0.25) is 5.91 Å². The maximum atomic E-state index is 12.6. The second-order valence-electron chi connectivity index (χ2n) is 7.11. The molecule has 0 radical (unpaired) electrons. The largest absolute Gasteiger partial charge is 0.322 e. The minimum atomic E-state index is -0.295. The summed E-state index contributed by atoms with van der Waals surface area (Å²) in [6.07, 6.45) is 0. The van der Waals surface area contributed by atoms with Crippen LogP contribution in [0.5, 0.6) is 0 Å². The van der Waals surface area contributed by atoms with Crippen molar-refractivity contribution in [2.45, 2.75) is 24.0 Å². The van der Waals surface area contributed by atoms with Crippen LogP contribution in [-0.2, 0) is 4.79 Å². The highest BCUT2D eigenvalue weighted by atomic mass is 32.2. The van der Waals surface area contributed by atoms with Gasteiger partial charge >= 0.3 is 0 Å². The standard InChI is InChI=1S/C24H21N3O2S3/c1-15-5-3-6-17(13-15)23(29)25-18-8-10-19(11-9-18)32-16(2)22(28)27-24-26-20(14-31-24)21-7-4-12-30-21/h3-14,16H,1-2H3,(H,25,29)(H,26,27,28). The second kappa shape index (κ2) is 10.1. The van der Waals surface area contributed by atoms with E-state index in [1.54, 1.807) is 17.4 Å². The van der Waals surface area contributed by atoms with Gasteiger partial charge in [-0.15, -0.1) is 34.4 Å².